The van der Waals surface area contributed by atoms with Gasteiger partial charge in [-0.3, -0.25) is 9.78 Å². The molecule has 1 spiro atoms. The van der Waals surface area contributed by atoms with Gasteiger partial charge in [0.25, 0.3) is 0 Å². The number of amides is 1. The molecule has 0 aliphatic carbocycles. The lowest BCUT2D eigenvalue weighted by molar-refractivity contribution is -0.131. The summed E-state index contributed by atoms with van der Waals surface area (Å²) in [6.45, 7) is 7.13. The lowest BCUT2D eigenvalue weighted by atomic mass is 9.72. The predicted molar refractivity (Wildman–Crippen MR) is 103 cm³/mol. The molecule has 0 N–H and O–H groups in total. The molecular weight excluding hydrogens is 356 g/mol. The Balaban J connectivity index is 1.57. The van der Waals surface area contributed by atoms with Crippen LogP contribution in [-0.2, 0) is 9.53 Å². The topological polar surface area (TPSA) is 81.4 Å². The van der Waals surface area contributed by atoms with Crippen molar-refractivity contribution >= 4 is 5.91 Å². The molecule has 0 radical (unpaired) electrons. The maximum atomic E-state index is 12.8. The average Bonchev–Trinajstić information content (AvgIpc) is 3.33. The van der Waals surface area contributed by atoms with Crippen LogP contribution in [0.25, 0.3) is 11.4 Å². The van der Waals surface area contributed by atoms with E-state index in [0.717, 1.165) is 31.4 Å². The Morgan fingerprint density at radius 2 is 2.18 bits per heavy atom. The van der Waals surface area contributed by atoms with Gasteiger partial charge in [-0.15, -0.1) is 0 Å². The Labute approximate surface area is 165 Å². The molecule has 2 aromatic heterocycles. The molecule has 150 valence electrons. The second-order valence-corrected chi connectivity index (χ2v) is 8.43. The van der Waals surface area contributed by atoms with Crippen LogP contribution in [0.3, 0.4) is 0 Å². The minimum Gasteiger partial charge on any atom is -0.381 e. The number of carbonyl (C=O) groups is 1. The van der Waals surface area contributed by atoms with Crippen LogP contribution in [0.5, 0.6) is 0 Å². The normalized spacial score (nSPS) is 21.5. The van der Waals surface area contributed by atoms with E-state index in [1.165, 1.54) is 0 Å². The fourth-order valence-electron chi connectivity index (χ4n) is 4.34. The maximum absolute atomic E-state index is 12.8. The third-order valence-electron chi connectivity index (χ3n) is 6.08. The molecule has 0 aromatic carbocycles. The minimum atomic E-state index is -0.0372. The van der Waals surface area contributed by atoms with E-state index >= 15 is 0 Å². The molecule has 4 heterocycles. The highest BCUT2D eigenvalue weighted by Gasteiger charge is 2.51. The second kappa shape index (κ2) is 7.99. The van der Waals surface area contributed by atoms with Gasteiger partial charge in [-0.05, 0) is 37.3 Å². The highest BCUT2D eigenvalue weighted by atomic mass is 16.5. The Kier molecular flexibility index (Phi) is 5.44. The third-order valence-corrected chi connectivity index (χ3v) is 6.08. The monoisotopic (exact) mass is 384 g/mol. The molecule has 2 saturated heterocycles. The SMILES string of the molecule is CC(C)CCC(=O)N1C[C@@H](c2nc(-c3cccnc3)no2)C2(CCOCC2)C1. The van der Waals surface area contributed by atoms with Crippen molar-refractivity contribution in [1.82, 2.24) is 20.0 Å². The Bertz CT molecular complexity index is 799. The first-order valence-electron chi connectivity index (χ1n) is 10.2. The fourth-order valence-corrected chi connectivity index (χ4v) is 4.34. The van der Waals surface area contributed by atoms with E-state index in [1.54, 1.807) is 12.4 Å². The van der Waals surface area contributed by atoms with Crippen LogP contribution < -0.4 is 0 Å². The molecular formula is C21H28N4O3. The number of rotatable bonds is 5. The minimum absolute atomic E-state index is 0.0372. The zero-order valence-electron chi connectivity index (χ0n) is 16.6. The molecule has 1 atom stereocenters. The molecule has 2 aliphatic rings. The van der Waals surface area contributed by atoms with Gasteiger partial charge in [0, 0.05) is 56.1 Å². The summed E-state index contributed by atoms with van der Waals surface area (Å²) in [6, 6.07) is 3.78. The summed E-state index contributed by atoms with van der Waals surface area (Å²) in [7, 11) is 0. The standard InChI is InChI=1S/C21H28N4O3/c1-15(2)5-6-18(26)25-13-17(21(14-25)7-10-27-11-8-21)20-23-19(24-28-20)16-4-3-9-22-12-16/h3-4,9,12,15,17H,5-8,10-11,13-14H2,1-2H3/t17-/m0/s1. The third kappa shape index (κ3) is 3.81. The summed E-state index contributed by atoms with van der Waals surface area (Å²) < 4.78 is 11.3. The average molecular weight is 384 g/mol. The zero-order valence-corrected chi connectivity index (χ0v) is 16.6. The van der Waals surface area contributed by atoms with E-state index < -0.39 is 0 Å². The molecule has 2 aromatic rings. The molecule has 1 amide bonds. The molecule has 2 aliphatic heterocycles. The molecule has 4 rings (SSSR count). The maximum Gasteiger partial charge on any atom is 0.232 e. The van der Waals surface area contributed by atoms with Gasteiger partial charge in [-0.1, -0.05) is 19.0 Å². The number of carbonyl (C=O) groups excluding carboxylic acids is 1. The van der Waals surface area contributed by atoms with E-state index in [2.05, 4.69) is 29.0 Å². The van der Waals surface area contributed by atoms with Crippen LogP contribution in [0, 0.1) is 11.3 Å². The number of nitrogens with zero attached hydrogens (tertiary/aromatic N) is 4. The largest absolute Gasteiger partial charge is 0.381 e. The van der Waals surface area contributed by atoms with Crippen LogP contribution in [0.4, 0.5) is 0 Å². The quantitative estimate of drug-likeness (QED) is 0.787. The lowest BCUT2D eigenvalue weighted by Crippen LogP contribution is -2.37. The predicted octanol–water partition coefficient (Wildman–Crippen LogP) is 3.29. The molecule has 7 heteroatoms. The van der Waals surface area contributed by atoms with Gasteiger partial charge in [0.15, 0.2) is 0 Å². The van der Waals surface area contributed by atoms with Gasteiger partial charge in [0.1, 0.15) is 0 Å². The van der Waals surface area contributed by atoms with Gasteiger partial charge in [-0.2, -0.15) is 4.98 Å². The summed E-state index contributed by atoms with van der Waals surface area (Å²) in [5.74, 6) is 1.98. The van der Waals surface area contributed by atoms with Crippen molar-refractivity contribution in [3.63, 3.8) is 0 Å². The number of hydrogen-bond donors (Lipinski definition) is 0. The van der Waals surface area contributed by atoms with Crippen LogP contribution in [0.2, 0.25) is 0 Å². The molecule has 28 heavy (non-hydrogen) atoms. The summed E-state index contributed by atoms with van der Waals surface area (Å²) >= 11 is 0. The molecule has 2 fully saturated rings. The fraction of sp³-hybridized carbons (Fsp3) is 0.619. The van der Waals surface area contributed by atoms with Crippen molar-refractivity contribution in [3.8, 4) is 11.4 Å². The zero-order chi connectivity index (χ0) is 19.6. The van der Waals surface area contributed by atoms with Crippen molar-refractivity contribution in [3.05, 3.63) is 30.4 Å². The summed E-state index contributed by atoms with van der Waals surface area (Å²) in [6.07, 6.45) is 6.80. The summed E-state index contributed by atoms with van der Waals surface area (Å²) in [4.78, 5) is 23.6. The Hall–Kier alpha value is -2.28. The first kappa shape index (κ1) is 19.1. The van der Waals surface area contributed by atoms with Gasteiger partial charge >= 0.3 is 0 Å². The van der Waals surface area contributed by atoms with E-state index in [1.807, 2.05) is 17.0 Å². The van der Waals surface area contributed by atoms with Crippen molar-refractivity contribution in [2.75, 3.05) is 26.3 Å². The number of ether oxygens (including phenoxy) is 1. The van der Waals surface area contributed by atoms with E-state index in [9.17, 15) is 4.79 Å². The van der Waals surface area contributed by atoms with E-state index in [-0.39, 0.29) is 17.2 Å². The first-order chi connectivity index (χ1) is 13.6. The van der Waals surface area contributed by atoms with Crippen molar-refractivity contribution < 1.29 is 14.1 Å². The molecule has 0 saturated carbocycles. The van der Waals surface area contributed by atoms with Gasteiger partial charge in [-0.25, -0.2) is 0 Å². The van der Waals surface area contributed by atoms with E-state index in [0.29, 0.717) is 43.8 Å². The van der Waals surface area contributed by atoms with Crippen LogP contribution in [-0.4, -0.2) is 52.2 Å². The Morgan fingerprint density at radius 3 is 2.89 bits per heavy atom. The molecule has 0 bridgehead atoms. The molecule has 7 nitrogen and oxygen atoms in total. The van der Waals surface area contributed by atoms with Gasteiger partial charge in [0.05, 0.1) is 5.92 Å². The van der Waals surface area contributed by atoms with Crippen LogP contribution in [0.15, 0.2) is 29.0 Å². The number of likely N-dealkylation sites (tertiary alicyclic amines) is 1. The number of pyridine rings is 1. The van der Waals surface area contributed by atoms with Crippen molar-refractivity contribution in [2.45, 2.75) is 45.4 Å². The van der Waals surface area contributed by atoms with E-state index in [4.69, 9.17) is 9.26 Å². The number of aromatic nitrogens is 3. The highest BCUT2D eigenvalue weighted by Crippen LogP contribution is 2.49. The second-order valence-electron chi connectivity index (χ2n) is 8.43. The molecule has 0 unspecified atom stereocenters. The highest BCUT2D eigenvalue weighted by molar-refractivity contribution is 5.76. The lowest BCUT2D eigenvalue weighted by Gasteiger charge is -2.36. The Morgan fingerprint density at radius 1 is 1.36 bits per heavy atom. The van der Waals surface area contributed by atoms with Gasteiger partial charge < -0.3 is 14.2 Å². The summed E-state index contributed by atoms with van der Waals surface area (Å²) in [5.41, 5.74) is 0.797. The number of hydrogen-bond acceptors (Lipinski definition) is 6. The smallest absolute Gasteiger partial charge is 0.232 e. The van der Waals surface area contributed by atoms with Gasteiger partial charge in [0.2, 0.25) is 17.6 Å². The van der Waals surface area contributed by atoms with Crippen molar-refractivity contribution in [2.24, 2.45) is 11.3 Å². The summed E-state index contributed by atoms with van der Waals surface area (Å²) in [5, 5.41) is 4.18. The first-order valence-corrected chi connectivity index (χ1v) is 10.2. The van der Waals surface area contributed by atoms with Crippen molar-refractivity contribution in [1.29, 1.82) is 0 Å². The van der Waals surface area contributed by atoms with Crippen LogP contribution in [0.1, 0.15) is 51.3 Å². The van der Waals surface area contributed by atoms with Crippen LogP contribution >= 0.6 is 0 Å².